The zero-order valence-corrected chi connectivity index (χ0v) is 20.3. The third-order valence-corrected chi connectivity index (χ3v) is 5.44. The number of pyridine rings is 1. The normalized spacial score (nSPS) is 10.7. The largest absolute Gasteiger partial charge is 2.00 e. The van der Waals surface area contributed by atoms with Crippen LogP contribution in [0.1, 0.15) is 0 Å². The second-order valence-electron chi connectivity index (χ2n) is 7.59. The first-order valence-electron chi connectivity index (χ1n) is 10.7. The Balaban J connectivity index is 0.00000241. The maximum Gasteiger partial charge on any atom is 2.00 e. The average molecular weight is 621 g/mol. The molecule has 0 saturated heterocycles. The van der Waals surface area contributed by atoms with Crippen LogP contribution in [0, 0.1) is 12.3 Å². The van der Waals surface area contributed by atoms with Crippen LogP contribution in [0.3, 0.4) is 0 Å². The van der Waals surface area contributed by atoms with Crippen LogP contribution >= 0.6 is 0 Å². The van der Waals surface area contributed by atoms with Crippen molar-refractivity contribution in [3.8, 4) is 11.5 Å². The molecular formula is C28H19N5Pt. The molecular weight excluding hydrogens is 601 g/mol. The summed E-state index contributed by atoms with van der Waals surface area (Å²) in [4.78, 5) is 7.10. The quantitative estimate of drug-likeness (QED) is 0.213. The minimum Gasteiger partial charge on any atom is -0.408 e. The van der Waals surface area contributed by atoms with Crippen molar-refractivity contribution in [1.29, 1.82) is 0 Å². The molecule has 6 rings (SSSR count). The van der Waals surface area contributed by atoms with Gasteiger partial charge in [-0.15, -0.1) is 29.7 Å². The van der Waals surface area contributed by atoms with Crippen LogP contribution in [0.15, 0.2) is 116 Å². The van der Waals surface area contributed by atoms with Gasteiger partial charge >= 0.3 is 21.1 Å². The molecule has 0 aliphatic carbocycles. The number of hydrogen-bond donors (Lipinski definition) is 0. The summed E-state index contributed by atoms with van der Waals surface area (Å²) in [6.45, 7) is 0. The van der Waals surface area contributed by atoms with Gasteiger partial charge in [-0.3, -0.25) is 9.67 Å². The van der Waals surface area contributed by atoms with Crippen molar-refractivity contribution in [3.05, 3.63) is 128 Å². The number of para-hydroxylation sites is 1. The number of benzene rings is 3. The van der Waals surface area contributed by atoms with E-state index in [0.29, 0.717) is 0 Å². The van der Waals surface area contributed by atoms with Crippen LogP contribution in [-0.4, -0.2) is 19.3 Å². The van der Waals surface area contributed by atoms with Crippen molar-refractivity contribution in [1.82, 2.24) is 19.3 Å². The molecule has 5 nitrogen and oxygen atoms in total. The number of nitrogens with zero attached hydrogens (tertiary/aromatic N) is 5. The first-order chi connectivity index (χ1) is 16.3. The summed E-state index contributed by atoms with van der Waals surface area (Å²) in [5, 5.41) is 6.54. The van der Waals surface area contributed by atoms with Crippen molar-refractivity contribution >= 4 is 28.0 Å². The van der Waals surface area contributed by atoms with E-state index in [2.05, 4.69) is 52.7 Å². The summed E-state index contributed by atoms with van der Waals surface area (Å²) in [5.74, 6) is 1.59. The Morgan fingerprint density at radius 1 is 0.765 bits per heavy atom. The molecule has 0 atom stereocenters. The minimum atomic E-state index is 0. The van der Waals surface area contributed by atoms with E-state index in [9.17, 15) is 0 Å². The molecule has 0 aliphatic rings. The van der Waals surface area contributed by atoms with Crippen LogP contribution in [0.2, 0.25) is 0 Å². The summed E-state index contributed by atoms with van der Waals surface area (Å²) >= 11 is 0. The zero-order chi connectivity index (χ0) is 22.0. The van der Waals surface area contributed by atoms with Crippen molar-refractivity contribution in [2.75, 3.05) is 4.90 Å². The summed E-state index contributed by atoms with van der Waals surface area (Å²) in [7, 11) is 0. The van der Waals surface area contributed by atoms with Gasteiger partial charge in [0.05, 0.1) is 5.82 Å². The second-order valence-corrected chi connectivity index (χ2v) is 7.59. The van der Waals surface area contributed by atoms with Crippen LogP contribution in [0.5, 0.6) is 0 Å². The third-order valence-electron chi connectivity index (χ3n) is 5.44. The molecule has 0 fully saturated rings. The van der Waals surface area contributed by atoms with Gasteiger partial charge in [-0.1, -0.05) is 65.8 Å². The smallest absolute Gasteiger partial charge is 0.408 e. The van der Waals surface area contributed by atoms with Crippen molar-refractivity contribution < 1.29 is 21.1 Å². The molecule has 0 N–H and O–H groups in total. The van der Waals surface area contributed by atoms with E-state index in [-0.39, 0.29) is 21.1 Å². The first-order valence-corrected chi connectivity index (χ1v) is 10.7. The Morgan fingerprint density at radius 3 is 2.41 bits per heavy atom. The molecule has 6 aromatic rings. The van der Waals surface area contributed by atoms with E-state index >= 15 is 0 Å². The Kier molecular flexibility index (Phi) is 6.11. The van der Waals surface area contributed by atoms with E-state index in [0.717, 1.165) is 39.5 Å². The molecule has 0 unspecified atom stereocenters. The zero-order valence-electron chi connectivity index (χ0n) is 18.0. The summed E-state index contributed by atoms with van der Waals surface area (Å²) in [5.41, 5.74) is 2.73. The van der Waals surface area contributed by atoms with Gasteiger partial charge in [-0.2, -0.15) is 11.2 Å². The van der Waals surface area contributed by atoms with Gasteiger partial charge < -0.3 is 9.47 Å². The molecule has 0 saturated carbocycles. The van der Waals surface area contributed by atoms with Gasteiger partial charge in [0.15, 0.2) is 0 Å². The predicted molar refractivity (Wildman–Crippen MR) is 131 cm³/mol. The van der Waals surface area contributed by atoms with Crippen LogP contribution in [-0.2, 0) is 21.1 Å². The standard InChI is InChI=1S/C28H19N5.Pt/c1-2-11-24(12-3-1)33(26-14-6-13-25(19-26)32-18-8-17-29-32)28-16-7-15-27(30-28)31-20-22-9-4-5-10-23(22)21-31;/h1-18,20H;/q-2;+2. The monoisotopic (exact) mass is 620 g/mol. The maximum absolute atomic E-state index is 5.00. The Hall–Kier alpha value is -3.95. The van der Waals surface area contributed by atoms with E-state index in [4.69, 9.17) is 4.98 Å². The first kappa shape index (κ1) is 21.9. The molecule has 3 aromatic carbocycles. The van der Waals surface area contributed by atoms with Crippen LogP contribution < -0.4 is 4.90 Å². The molecule has 0 amide bonds. The van der Waals surface area contributed by atoms with Crippen LogP contribution in [0.4, 0.5) is 17.2 Å². The minimum absolute atomic E-state index is 0. The number of anilines is 3. The van der Waals surface area contributed by atoms with Gasteiger partial charge in [-0.05, 0) is 36.1 Å². The topological polar surface area (TPSA) is 38.9 Å². The molecule has 3 heterocycles. The fourth-order valence-corrected chi connectivity index (χ4v) is 3.90. The van der Waals surface area contributed by atoms with Gasteiger partial charge in [0, 0.05) is 18.1 Å². The Morgan fingerprint density at radius 2 is 1.59 bits per heavy atom. The molecule has 6 heteroatoms. The molecule has 3 aromatic heterocycles. The number of rotatable bonds is 5. The molecule has 0 spiro atoms. The van der Waals surface area contributed by atoms with Crippen molar-refractivity contribution in [3.63, 3.8) is 0 Å². The molecule has 0 radical (unpaired) electrons. The summed E-state index contributed by atoms with van der Waals surface area (Å²) in [6, 6.07) is 35.8. The van der Waals surface area contributed by atoms with Gasteiger partial charge in [0.1, 0.15) is 5.82 Å². The fourth-order valence-electron chi connectivity index (χ4n) is 3.90. The van der Waals surface area contributed by atoms with E-state index in [1.807, 2.05) is 83.6 Å². The maximum atomic E-state index is 5.00. The van der Waals surface area contributed by atoms with Gasteiger partial charge in [0.25, 0.3) is 0 Å². The number of fused-ring (bicyclic) bond motifs is 1. The number of aromatic nitrogens is 4. The Bertz CT molecular complexity index is 1490. The Labute approximate surface area is 212 Å². The van der Waals surface area contributed by atoms with Gasteiger partial charge in [0.2, 0.25) is 0 Å². The molecule has 0 aliphatic heterocycles. The van der Waals surface area contributed by atoms with Crippen molar-refractivity contribution in [2.24, 2.45) is 0 Å². The molecule has 34 heavy (non-hydrogen) atoms. The molecule has 166 valence electrons. The average Bonchev–Trinajstić information content (AvgIpc) is 3.56. The van der Waals surface area contributed by atoms with Crippen LogP contribution in [0.25, 0.3) is 22.3 Å². The predicted octanol–water partition coefficient (Wildman–Crippen LogP) is 6.28. The van der Waals surface area contributed by atoms with E-state index in [1.54, 1.807) is 10.9 Å². The summed E-state index contributed by atoms with van der Waals surface area (Å²) < 4.78 is 3.75. The number of hydrogen-bond acceptors (Lipinski definition) is 3. The molecule has 0 bridgehead atoms. The SMILES string of the molecule is [Pt+2].[c-]1c(N(c2ccccc2)c2cccc(-n3[c-]c4ccccc4c3)n2)cccc1-n1cccn1. The fraction of sp³-hybridized carbons (Fsp3) is 0. The van der Waals surface area contributed by atoms with E-state index < -0.39 is 0 Å². The van der Waals surface area contributed by atoms with Gasteiger partial charge in [-0.25, -0.2) is 0 Å². The van der Waals surface area contributed by atoms with E-state index in [1.165, 1.54) is 0 Å². The second kappa shape index (κ2) is 9.50. The van der Waals surface area contributed by atoms with Crippen molar-refractivity contribution in [2.45, 2.75) is 0 Å². The third kappa shape index (κ3) is 4.18. The summed E-state index contributed by atoms with van der Waals surface area (Å²) in [6.07, 6.45) is 9.13.